The molecule has 3 nitrogen and oxygen atoms in total. The molecule has 3 N–H and O–H groups in total. The van der Waals surface area contributed by atoms with Crippen molar-refractivity contribution in [1.29, 1.82) is 0 Å². The monoisotopic (exact) mass is 191 g/mol. The number of nitrogens with two attached hydrogens (primary N) is 1. The SMILES string of the molecule is Cc1[nH]cnc1-c1ccc(F)c(N)c1. The summed E-state index contributed by atoms with van der Waals surface area (Å²) in [6.45, 7) is 1.90. The summed E-state index contributed by atoms with van der Waals surface area (Å²) in [7, 11) is 0. The second kappa shape index (κ2) is 3.14. The molecule has 0 radical (unpaired) electrons. The van der Waals surface area contributed by atoms with Crippen LogP contribution in [0.1, 0.15) is 5.69 Å². The van der Waals surface area contributed by atoms with Crippen LogP contribution in [0.3, 0.4) is 0 Å². The van der Waals surface area contributed by atoms with E-state index in [-0.39, 0.29) is 5.69 Å². The molecule has 0 saturated carbocycles. The Morgan fingerprint density at radius 3 is 2.79 bits per heavy atom. The second-order valence-corrected chi connectivity index (χ2v) is 3.11. The molecule has 0 aliphatic heterocycles. The van der Waals surface area contributed by atoms with Gasteiger partial charge in [0.15, 0.2) is 0 Å². The summed E-state index contributed by atoms with van der Waals surface area (Å²) in [6.07, 6.45) is 1.60. The first-order valence-electron chi connectivity index (χ1n) is 4.24. The third-order valence-corrected chi connectivity index (χ3v) is 2.10. The molecular formula is C10H10FN3. The number of aromatic nitrogens is 2. The molecule has 0 aliphatic carbocycles. The van der Waals surface area contributed by atoms with Crippen LogP contribution in [0.15, 0.2) is 24.5 Å². The minimum absolute atomic E-state index is 0.143. The van der Waals surface area contributed by atoms with Crippen molar-refractivity contribution in [3.05, 3.63) is 36.0 Å². The summed E-state index contributed by atoms with van der Waals surface area (Å²) < 4.78 is 12.9. The van der Waals surface area contributed by atoms with Gasteiger partial charge < -0.3 is 10.7 Å². The number of halogens is 1. The number of nitrogens with one attached hydrogen (secondary N) is 1. The fourth-order valence-corrected chi connectivity index (χ4v) is 1.34. The molecule has 1 aromatic heterocycles. The lowest BCUT2D eigenvalue weighted by Crippen LogP contribution is -1.91. The maximum atomic E-state index is 12.9. The predicted octanol–water partition coefficient (Wildman–Crippen LogP) is 2.11. The molecule has 1 heterocycles. The summed E-state index contributed by atoms with van der Waals surface area (Å²) >= 11 is 0. The molecule has 0 aliphatic rings. The van der Waals surface area contributed by atoms with Gasteiger partial charge in [-0.2, -0.15) is 0 Å². The number of nitrogens with zero attached hydrogens (tertiary/aromatic N) is 1. The van der Waals surface area contributed by atoms with E-state index in [1.54, 1.807) is 18.5 Å². The van der Waals surface area contributed by atoms with Crippen LogP contribution in [-0.2, 0) is 0 Å². The molecule has 2 aromatic rings. The highest BCUT2D eigenvalue weighted by atomic mass is 19.1. The van der Waals surface area contributed by atoms with E-state index in [0.29, 0.717) is 0 Å². The Morgan fingerprint density at radius 2 is 2.21 bits per heavy atom. The van der Waals surface area contributed by atoms with Crippen molar-refractivity contribution in [3.63, 3.8) is 0 Å². The third kappa shape index (κ3) is 1.35. The van der Waals surface area contributed by atoms with Crippen LogP contribution in [0.5, 0.6) is 0 Å². The highest BCUT2D eigenvalue weighted by Crippen LogP contribution is 2.23. The van der Waals surface area contributed by atoms with Crippen LogP contribution >= 0.6 is 0 Å². The summed E-state index contributed by atoms with van der Waals surface area (Å²) in [5.41, 5.74) is 8.17. The summed E-state index contributed by atoms with van der Waals surface area (Å²) in [5.74, 6) is -0.401. The van der Waals surface area contributed by atoms with E-state index in [2.05, 4.69) is 9.97 Å². The number of H-pyrrole nitrogens is 1. The molecule has 4 heteroatoms. The van der Waals surface area contributed by atoms with E-state index >= 15 is 0 Å². The van der Waals surface area contributed by atoms with Crippen LogP contribution in [0.2, 0.25) is 0 Å². The molecule has 0 spiro atoms. The van der Waals surface area contributed by atoms with E-state index in [0.717, 1.165) is 17.0 Å². The van der Waals surface area contributed by atoms with Crippen molar-refractivity contribution in [1.82, 2.24) is 9.97 Å². The highest BCUT2D eigenvalue weighted by molar-refractivity contribution is 5.65. The Morgan fingerprint density at radius 1 is 1.43 bits per heavy atom. The summed E-state index contributed by atoms with van der Waals surface area (Å²) in [5, 5.41) is 0. The molecule has 0 fully saturated rings. The Hall–Kier alpha value is -1.84. The topological polar surface area (TPSA) is 54.7 Å². The van der Waals surface area contributed by atoms with Crippen LogP contribution in [0, 0.1) is 12.7 Å². The Kier molecular flexibility index (Phi) is 1.96. The van der Waals surface area contributed by atoms with Gasteiger partial charge in [0.2, 0.25) is 0 Å². The van der Waals surface area contributed by atoms with Gasteiger partial charge in [-0.25, -0.2) is 9.37 Å². The average molecular weight is 191 g/mol. The van der Waals surface area contributed by atoms with E-state index in [1.165, 1.54) is 6.07 Å². The number of aryl methyl sites for hydroxylation is 1. The highest BCUT2D eigenvalue weighted by Gasteiger charge is 2.06. The van der Waals surface area contributed by atoms with Gasteiger partial charge in [-0.1, -0.05) is 0 Å². The number of hydrogen-bond donors (Lipinski definition) is 2. The standard InChI is InChI=1S/C10H10FN3/c1-6-10(14-5-13-6)7-2-3-8(11)9(12)4-7/h2-5H,12H2,1H3,(H,13,14). The van der Waals surface area contributed by atoms with Crippen molar-refractivity contribution in [2.24, 2.45) is 0 Å². The fraction of sp³-hybridized carbons (Fsp3) is 0.100. The predicted molar refractivity (Wildman–Crippen MR) is 53.1 cm³/mol. The van der Waals surface area contributed by atoms with Crippen molar-refractivity contribution in [2.75, 3.05) is 5.73 Å². The normalized spacial score (nSPS) is 10.4. The number of imidazole rings is 1. The van der Waals surface area contributed by atoms with Gasteiger partial charge in [0, 0.05) is 11.3 Å². The Balaban J connectivity index is 2.53. The lowest BCUT2D eigenvalue weighted by atomic mass is 10.1. The van der Waals surface area contributed by atoms with Crippen molar-refractivity contribution in [2.45, 2.75) is 6.92 Å². The maximum Gasteiger partial charge on any atom is 0.146 e. The average Bonchev–Trinajstić information content (AvgIpc) is 2.57. The third-order valence-electron chi connectivity index (χ3n) is 2.10. The number of anilines is 1. The van der Waals surface area contributed by atoms with Crippen LogP contribution in [-0.4, -0.2) is 9.97 Å². The van der Waals surface area contributed by atoms with E-state index in [9.17, 15) is 4.39 Å². The molecular weight excluding hydrogens is 181 g/mol. The second-order valence-electron chi connectivity index (χ2n) is 3.11. The van der Waals surface area contributed by atoms with Crippen LogP contribution in [0.4, 0.5) is 10.1 Å². The molecule has 0 saturated heterocycles. The molecule has 0 unspecified atom stereocenters. The smallest absolute Gasteiger partial charge is 0.146 e. The Bertz CT molecular complexity index is 462. The quantitative estimate of drug-likeness (QED) is 0.678. The molecule has 0 atom stereocenters. The minimum atomic E-state index is -0.401. The number of benzene rings is 1. The Labute approximate surface area is 80.8 Å². The summed E-state index contributed by atoms with van der Waals surface area (Å²) in [4.78, 5) is 7.08. The van der Waals surface area contributed by atoms with Crippen molar-refractivity contribution >= 4 is 5.69 Å². The minimum Gasteiger partial charge on any atom is -0.396 e. The maximum absolute atomic E-state index is 12.9. The number of hydrogen-bond acceptors (Lipinski definition) is 2. The molecule has 0 bridgehead atoms. The summed E-state index contributed by atoms with van der Waals surface area (Å²) in [6, 6.07) is 4.59. The van der Waals surface area contributed by atoms with Crippen LogP contribution < -0.4 is 5.73 Å². The fourth-order valence-electron chi connectivity index (χ4n) is 1.34. The molecule has 2 rings (SSSR count). The van der Waals surface area contributed by atoms with Gasteiger partial charge in [-0.15, -0.1) is 0 Å². The zero-order valence-electron chi connectivity index (χ0n) is 7.71. The van der Waals surface area contributed by atoms with E-state index in [1.807, 2.05) is 6.92 Å². The zero-order chi connectivity index (χ0) is 10.1. The van der Waals surface area contributed by atoms with E-state index < -0.39 is 5.82 Å². The first-order valence-corrected chi connectivity index (χ1v) is 4.24. The van der Waals surface area contributed by atoms with Gasteiger partial charge in [-0.05, 0) is 25.1 Å². The van der Waals surface area contributed by atoms with E-state index in [4.69, 9.17) is 5.73 Å². The largest absolute Gasteiger partial charge is 0.396 e. The lowest BCUT2D eigenvalue weighted by molar-refractivity contribution is 0.632. The number of aromatic amines is 1. The lowest BCUT2D eigenvalue weighted by Gasteiger charge is -2.01. The first kappa shape index (κ1) is 8.74. The molecule has 1 aromatic carbocycles. The zero-order valence-corrected chi connectivity index (χ0v) is 7.71. The molecule has 14 heavy (non-hydrogen) atoms. The van der Waals surface area contributed by atoms with Crippen molar-refractivity contribution in [3.8, 4) is 11.3 Å². The number of rotatable bonds is 1. The van der Waals surface area contributed by atoms with Crippen molar-refractivity contribution < 1.29 is 4.39 Å². The molecule has 0 amide bonds. The van der Waals surface area contributed by atoms with Gasteiger partial charge >= 0.3 is 0 Å². The van der Waals surface area contributed by atoms with Gasteiger partial charge in [0.25, 0.3) is 0 Å². The van der Waals surface area contributed by atoms with Gasteiger partial charge in [0.1, 0.15) is 5.82 Å². The first-order chi connectivity index (χ1) is 6.68. The van der Waals surface area contributed by atoms with Gasteiger partial charge in [-0.3, -0.25) is 0 Å². The van der Waals surface area contributed by atoms with Crippen LogP contribution in [0.25, 0.3) is 11.3 Å². The van der Waals surface area contributed by atoms with Gasteiger partial charge in [0.05, 0.1) is 17.7 Å². The molecule has 72 valence electrons. The number of nitrogen functional groups attached to an aromatic ring is 1.